The minimum Gasteiger partial charge on any atom is -0.237 e. The van der Waals surface area contributed by atoms with Crippen LogP contribution in [0.5, 0.6) is 0 Å². The van der Waals surface area contributed by atoms with Crippen LogP contribution in [-0.4, -0.2) is 24.9 Å². The maximum Gasteiger partial charge on any atom is 0.164 e. The van der Waals surface area contributed by atoms with Crippen LogP contribution in [0.1, 0.15) is 0 Å². The van der Waals surface area contributed by atoms with Gasteiger partial charge < -0.3 is 0 Å². The summed E-state index contributed by atoms with van der Waals surface area (Å²) < 4.78 is 0. The smallest absolute Gasteiger partial charge is 0.164 e. The summed E-state index contributed by atoms with van der Waals surface area (Å²) in [7, 11) is 0. The van der Waals surface area contributed by atoms with Gasteiger partial charge in [0.05, 0.1) is 0 Å². The first-order valence-corrected chi connectivity index (χ1v) is 16.6. The van der Waals surface area contributed by atoms with E-state index >= 15 is 0 Å². The molecule has 0 N–H and O–H groups in total. The summed E-state index contributed by atoms with van der Waals surface area (Å²) in [5, 5.41) is 4.91. The molecule has 0 aliphatic heterocycles. The van der Waals surface area contributed by atoms with E-state index in [4.69, 9.17) is 15.0 Å². The van der Waals surface area contributed by atoms with E-state index in [9.17, 15) is 0 Å². The van der Waals surface area contributed by atoms with Gasteiger partial charge in [0.15, 0.2) is 23.3 Å². The lowest BCUT2D eigenvalue weighted by Gasteiger charge is -2.13. The summed E-state index contributed by atoms with van der Waals surface area (Å²) in [6.45, 7) is 0. The van der Waals surface area contributed by atoms with Crippen molar-refractivity contribution in [2.45, 2.75) is 0 Å². The van der Waals surface area contributed by atoms with E-state index in [1.165, 1.54) is 21.5 Å². The Morgan fingerprint density at radius 1 is 0.260 bits per heavy atom. The van der Waals surface area contributed by atoms with Crippen molar-refractivity contribution < 1.29 is 0 Å². The van der Waals surface area contributed by atoms with Gasteiger partial charge in [-0.3, -0.25) is 0 Å². The number of rotatable bonds is 6. The van der Waals surface area contributed by atoms with Crippen LogP contribution in [-0.2, 0) is 0 Å². The fraction of sp³-hybridized carbons (Fsp3) is 0. The summed E-state index contributed by atoms with van der Waals surface area (Å²) in [4.78, 5) is 23.9. The molecule has 5 heteroatoms. The van der Waals surface area contributed by atoms with E-state index < -0.39 is 0 Å². The quantitative estimate of drug-likeness (QED) is 0.169. The Kier molecular flexibility index (Phi) is 7.41. The van der Waals surface area contributed by atoms with E-state index in [0.29, 0.717) is 23.3 Å². The summed E-state index contributed by atoms with van der Waals surface area (Å²) in [6, 6.07) is 56.7. The molecule has 0 atom stereocenters. The second kappa shape index (κ2) is 12.6. The molecule has 0 bridgehead atoms. The molecule has 0 amide bonds. The van der Waals surface area contributed by atoms with Crippen molar-refractivity contribution in [3.05, 3.63) is 176 Å². The summed E-state index contributed by atoms with van der Waals surface area (Å²) in [5.74, 6) is 2.57. The predicted molar refractivity (Wildman–Crippen MR) is 203 cm³/mol. The van der Waals surface area contributed by atoms with Crippen molar-refractivity contribution in [2.75, 3.05) is 0 Å². The van der Waals surface area contributed by atoms with Crippen molar-refractivity contribution in [1.82, 2.24) is 24.9 Å². The number of benzene rings is 7. The second-order valence-corrected chi connectivity index (χ2v) is 12.2. The third kappa shape index (κ3) is 5.67. The van der Waals surface area contributed by atoms with E-state index in [-0.39, 0.29) is 0 Å². The van der Waals surface area contributed by atoms with Gasteiger partial charge in [-0.15, -0.1) is 0 Å². The number of hydrogen-bond donors (Lipinski definition) is 0. The van der Waals surface area contributed by atoms with Gasteiger partial charge in [-0.2, -0.15) is 0 Å². The largest absolute Gasteiger partial charge is 0.237 e. The highest BCUT2D eigenvalue weighted by atomic mass is 15.0. The molecule has 9 aromatic rings. The van der Waals surface area contributed by atoms with Gasteiger partial charge in [0.1, 0.15) is 0 Å². The highest BCUT2D eigenvalue weighted by Gasteiger charge is 2.15. The van der Waals surface area contributed by atoms with Crippen molar-refractivity contribution in [3.63, 3.8) is 0 Å². The molecular weight excluding hydrogens is 611 g/mol. The van der Waals surface area contributed by atoms with Gasteiger partial charge in [-0.25, -0.2) is 24.9 Å². The van der Waals surface area contributed by atoms with Crippen LogP contribution in [0.4, 0.5) is 0 Å². The molecule has 0 fully saturated rings. The van der Waals surface area contributed by atoms with Gasteiger partial charge in [0.2, 0.25) is 0 Å². The first kappa shape index (κ1) is 29.3. The molecule has 7 aromatic carbocycles. The minimum absolute atomic E-state index is 0.613. The Bertz CT molecular complexity index is 2560. The number of hydrogen-bond acceptors (Lipinski definition) is 5. The predicted octanol–water partition coefficient (Wildman–Crippen LogP) is 11.0. The molecule has 234 valence electrons. The van der Waals surface area contributed by atoms with E-state index in [0.717, 1.165) is 44.5 Å². The lowest BCUT2D eigenvalue weighted by Crippen LogP contribution is -2.00. The average molecular weight is 640 g/mol. The van der Waals surface area contributed by atoms with Crippen LogP contribution in [0.25, 0.3) is 89.4 Å². The summed E-state index contributed by atoms with van der Waals surface area (Å²) in [6.07, 6.45) is 3.53. The number of nitrogens with zero attached hydrogens (tertiary/aromatic N) is 5. The summed E-state index contributed by atoms with van der Waals surface area (Å²) >= 11 is 0. The van der Waals surface area contributed by atoms with Crippen LogP contribution in [0, 0.1) is 0 Å². The first-order valence-electron chi connectivity index (χ1n) is 16.6. The zero-order valence-corrected chi connectivity index (χ0v) is 27.0. The molecule has 0 saturated heterocycles. The van der Waals surface area contributed by atoms with Crippen LogP contribution in [0.3, 0.4) is 0 Å². The lowest BCUT2D eigenvalue weighted by molar-refractivity contribution is 1.07. The topological polar surface area (TPSA) is 64.5 Å². The Morgan fingerprint density at radius 3 is 1.42 bits per heavy atom. The van der Waals surface area contributed by atoms with Gasteiger partial charge in [-0.1, -0.05) is 133 Å². The van der Waals surface area contributed by atoms with E-state index in [2.05, 4.69) is 107 Å². The second-order valence-electron chi connectivity index (χ2n) is 12.2. The maximum atomic E-state index is 5.07. The minimum atomic E-state index is 0.613. The Balaban J connectivity index is 1.23. The van der Waals surface area contributed by atoms with Gasteiger partial charge >= 0.3 is 0 Å². The highest BCUT2D eigenvalue weighted by molar-refractivity contribution is 6.08. The third-order valence-electron chi connectivity index (χ3n) is 9.01. The molecular formula is C45H29N5. The van der Waals surface area contributed by atoms with Crippen molar-refractivity contribution in [2.24, 2.45) is 0 Å². The molecule has 0 saturated carbocycles. The third-order valence-corrected chi connectivity index (χ3v) is 9.01. The molecule has 2 heterocycles. The molecule has 50 heavy (non-hydrogen) atoms. The average Bonchev–Trinajstić information content (AvgIpc) is 3.21. The molecule has 0 spiro atoms. The lowest BCUT2D eigenvalue weighted by atomic mass is 9.93. The molecule has 2 aromatic heterocycles. The van der Waals surface area contributed by atoms with Gasteiger partial charge in [0, 0.05) is 34.6 Å². The zero-order valence-electron chi connectivity index (χ0n) is 27.0. The van der Waals surface area contributed by atoms with Crippen LogP contribution < -0.4 is 0 Å². The van der Waals surface area contributed by atoms with Crippen LogP contribution in [0.2, 0.25) is 0 Å². The monoisotopic (exact) mass is 639 g/mol. The fourth-order valence-electron chi connectivity index (χ4n) is 6.48. The number of aromatic nitrogens is 5. The zero-order chi connectivity index (χ0) is 33.3. The Labute approximate surface area is 289 Å². The molecule has 0 aliphatic carbocycles. The van der Waals surface area contributed by atoms with E-state index in [1.54, 1.807) is 12.4 Å². The van der Waals surface area contributed by atoms with Crippen molar-refractivity contribution in [3.8, 4) is 67.8 Å². The maximum absolute atomic E-state index is 5.07. The fourth-order valence-corrected chi connectivity index (χ4v) is 6.48. The highest BCUT2D eigenvalue weighted by Crippen LogP contribution is 2.36. The molecule has 5 nitrogen and oxygen atoms in total. The molecule has 0 radical (unpaired) electrons. The standard InChI is InChI=1S/C45H29N5/c1-3-11-32(12-4-1)43-48-44(33-13-5-2-6-14-33)50-45(49-43)39-28-37(30-16-19-34(20-17-30)42-46-24-9-25-47-42)27-38(29-39)35-22-23-41-36(26-35)21-18-31-10-7-8-15-40(31)41/h1-29H. The van der Waals surface area contributed by atoms with Crippen molar-refractivity contribution in [1.29, 1.82) is 0 Å². The Morgan fingerprint density at radius 2 is 0.740 bits per heavy atom. The van der Waals surface area contributed by atoms with Crippen LogP contribution >= 0.6 is 0 Å². The summed E-state index contributed by atoms with van der Waals surface area (Å²) in [5.41, 5.74) is 8.06. The molecule has 9 rings (SSSR count). The van der Waals surface area contributed by atoms with Crippen LogP contribution in [0.15, 0.2) is 176 Å². The van der Waals surface area contributed by atoms with Gasteiger partial charge in [0.25, 0.3) is 0 Å². The van der Waals surface area contributed by atoms with Gasteiger partial charge in [-0.05, 0) is 74.1 Å². The SMILES string of the molecule is c1ccc(-c2nc(-c3ccccc3)nc(-c3cc(-c4ccc(-c5ncccn5)cc4)cc(-c4ccc5c(ccc6ccccc65)c4)c3)n2)cc1. The molecule has 0 aliphatic rings. The Hall–Kier alpha value is -6.85. The van der Waals surface area contributed by atoms with E-state index in [1.807, 2.05) is 66.7 Å². The molecule has 0 unspecified atom stereocenters. The first-order chi connectivity index (χ1) is 24.7. The normalized spacial score (nSPS) is 11.2. The number of fused-ring (bicyclic) bond motifs is 3. The van der Waals surface area contributed by atoms with Crippen molar-refractivity contribution >= 4 is 21.5 Å².